The molecule has 0 saturated heterocycles. The van der Waals surface area contributed by atoms with Crippen LogP contribution in [0.3, 0.4) is 0 Å². The fourth-order valence-corrected chi connectivity index (χ4v) is 7.08. The average molecular weight is 961 g/mol. The molecule has 0 unspecified atom stereocenters. The predicted octanol–water partition coefficient (Wildman–Crippen LogP) is 1.19. The molecule has 1 aromatic carbocycles. The molecule has 2 atom stereocenters. The fraction of sp³-hybridized carbons (Fsp3) is 0.512. The van der Waals surface area contributed by atoms with Gasteiger partial charge in [0.2, 0.25) is 44.5 Å². The zero-order valence-electron chi connectivity index (χ0n) is 36.9. The van der Waals surface area contributed by atoms with Crippen molar-refractivity contribution < 1.29 is 51.4 Å². The first-order chi connectivity index (χ1) is 31.0. The third-order valence-electron chi connectivity index (χ3n) is 8.47. The highest BCUT2D eigenvalue weighted by Crippen LogP contribution is 2.20. The molecule has 0 aliphatic heterocycles. The van der Waals surface area contributed by atoms with E-state index in [4.69, 9.17) is 14.2 Å². The molecule has 21 nitrogen and oxygen atoms in total. The first kappa shape index (κ1) is 53.7. The van der Waals surface area contributed by atoms with E-state index in [-0.39, 0.29) is 68.0 Å². The normalized spacial score (nSPS) is 12.0. The lowest BCUT2D eigenvalue weighted by molar-refractivity contribution is -0.141. The lowest BCUT2D eigenvalue weighted by Gasteiger charge is -2.23. The summed E-state index contributed by atoms with van der Waals surface area (Å²) in [6.07, 6.45) is 6.59. The summed E-state index contributed by atoms with van der Waals surface area (Å²) in [7, 11) is -0.467. The zero-order chi connectivity index (χ0) is 47.6. The Hall–Kier alpha value is -5.61. The maximum Gasteiger partial charge on any atom is 0.317 e. The average Bonchev–Trinajstić information content (AvgIpc) is 3.73. The Morgan fingerprint density at radius 3 is 2.29 bits per heavy atom. The molecule has 0 fully saturated rings. The van der Waals surface area contributed by atoms with E-state index in [1.807, 2.05) is 6.92 Å². The summed E-state index contributed by atoms with van der Waals surface area (Å²) < 4.78 is 40.5. The zero-order valence-corrected chi connectivity index (χ0v) is 39.4. The summed E-state index contributed by atoms with van der Waals surface area (Å²) in [5.74, 6) is 3.93. The van der Waals surface area contributed by atoms with Gasteiger partial charge in [-0.3, -0.25) is 28.8 Å². The Labute approximate surface area is 386 Å². The molecule has 5 amide bonds. The van der Waals surface area contributed by atoms with Gasteiger partial charge < -0.3 is 40.8 Å². The van der Waals surface area contributed by atoms with E-state index in [0.29, 0.717) is 36.3 Å². The first-order valence-electron chi connectivity index (χ1n) is 20.5. The van der Waals surface area contributed by atoms with E-state index in [1.54, 1.807) is 59.8 Å². The van der Waals surface area contributed by atoms with Crippen molar-refractivity contribution in [1.29, 1.82) is 0 Å². The van der Waals surface area contributed by atoms with Crippen LogP contribution >= 0.6 is 21.6 Å². The molecular formula is C41H56N10O11S3. The van der Waals surface area contributed by atoms with Gasteiger partial charge in [-0.05, 0) is 37.0 Å². The monoisotopic (exact) mass is 960 g/mol. The van der Waals surface area contributed by atoms with E-state index >= 15 is 0 Å². The number of nitrogens with one attached hydrogen (secondary N) is 5. The number of carbonyl (C=O) groups excluding carboxylic acids is 6. The molecule has 24 heteroatoms. The molecular weight excluding hydrogens is 905 g/mol. The first-order valence-corrected chi connectivity index (χ1v) is 24.9. The van der Waals surface area contributed by atoms with E-state index in [1.165, 1.54) is 30.1 Å². The van der Waals surface area contributed by atoms with Crippen LogP contribution in [0.1, 0.15) is 63.8 Å². The van der Waals surface area contributed by atoms with Gasteiger partial charge in [-0.15, -0.1) is 5.10 Å². The summed E-state index contributed by atoms with van der Waals surface area (Å²) in [4.78, 5) is 82.3. The Kier molecular flexibility index (Phi) is 24.0. The lowest BCUT2D eigenvalue weighted by atomic mass is 10.0. The molecule has 3 rings (SSSR count). The van der Waals surface area contributed by atoms with Gasteiger partial charge in [-0.2, -0.15) is 0 Å². The molecule has 0 spiro atoms. The van der Waals surface area contributed by atoms with E-state index in [2.05, 4.69) is 58.7 Å². The van der Waals surface area contributed by atoms with Gasteiger partial charge in [0, 0.05) is 49.5 Å². The predicted molar refractivity (Wildman–Crippen MR) is 242 cm³/mol. The number of anilines is 1. The van der Waals surface area contributed by atoms with Crippen molar-refractivity contribution in [3.05, 3.63) is 59.7 Å². The highest BCUT2D eigenvalue weighted by molar-refractivity contribution is 8.76. The molecule has 0 aliphatic rings. The SMILES string of the molecule is CCSSCC(=O)OCc1ccc(NC(=O)[C@H](C)NC(=O)[C@@H](NC(=O)COCC(=O)NCCOCCn2cc(CNC(=O)CCCC#Cc3cnc(S(C)(=O)=O)nc3)nn2)C(C)C)cc1. The number of rotatable bonds is 28. The van der Waals surface area contributed by atoms with Crippen molar-refractivity contribution in [2.75, 3.05) is 56.1 Å². The summed E-state index contributed by atoms with van der Waals surface area (Å²) in [5.41, 5.74) is 2.26. The van der Waals surface area contributed by atoms with Crippen molar-refractivity contribution >= 4 is 72.6 Å². The fourth-order valence-electron chi connectivity index (χ4n) is 5.12. The maximum atomic E-state index is 13.0. The van der Waals surface area contributed by atoms with Crippen LogP contribution < -0.4 is 26.6 Å². The summed E-state index contributed by atoms with van der Waals surface area (Å²) >= 11 is 0. The third-order valence-corrected chi connectivity index (χ3v) is 11.7. The van der Waals surface area contributed by atoms with Crippen LogP contribution in [0.5, 0.6) is 0 Å². The third kappa shape index (κ3) is 22.2. The van der Waals surface area contributed by atoms with Crippen LogP contribution in [0.25, 0.3) is 0 Å². The van der Waals surface area contributed by atoms with Crippen LogP contribution in [0.2, 0.25) is 0 Å². The minimum Gasteiger partial charge on any atom is -0.460 e. The molecule has 0 saturated carbocycles. The van der Waals surface area contributed by atoms with Gasteiger partial charge in [0.15, 0.2) is 0 Å². The number of unbranched alkanes of at least 4 members (excludes halogenated alkanes) is 1. The van der Waals surface area contributed by atoms with E-state index < -0.39 is 58.8 Å². The molecule has 2 heterocycles. The van der Waals surface area contributed by atoms with Crippen molar-refractivity contribution in [3.8, 4) is 11.8 Å². The number of hydrogen-bond acceptors (Lipinski definition) is 17. The number of sulfone groups is 1. The molecule has 0 bridgehead atoms. The van der Waals surface area contributed by atoms with Crippen LogP contribution in [-0.4, -0.2) is 132 Å². The second-order valence-corrected chi connectivity index (χ2v) is 19.1. The van der Waals surface area contributed by atoms with Crippen molar-refractivity contribution in [2.24, 2.45) is 5.92 Å². The van der Waals surface area contributed by atoms with E-state index in [0.717, 1.165) is 17.6 Å². The Morgan fingerprint density at radius 2 is 1.60 bits per heavy atom. The number of amides is 5. The minimum absolute atomic E-state index is 0.106. The molecule has 0 aliphatic carbocycles. The molecule has 0 radical (unpaired) electrons. The van der Waals surface area contributed by atoms with Crippen LogP contribution in [-0.2, 0) is 72.5 Å². The van der Waals surface area contributed by atoms with Gasteiger partial charge >= 0.3 is 5.97 Å². The summed E-state index contributed by atoms with van der Waals surface area (Å²) in [5, 5.41) is 21.1. The molecule has 354 valence electrons. The number of ether oxygens (including phenoxy) is 3. The second-order valence-electron chi connectivity index (χ2n) is 14.4. The van der Waals surface area contributed by atoms with E-state index in [9.17, 15) is 37.2 Å². The van der Waals surface area contributed by atoms with Crippen molar-refractivity contribution in [2.45, 2.75) is 83.9 Å². The maximum absolute atomic E-state index is 13.0. The number of benzene rings is 1. The topological polar surface area (TPSA) is 281 Å². The van der Waals surface area contributed by atoms with Crippen molar-refractivity contribution in [1.82, 2.24) is 46.2 Å². The number of aromatic nitrogens is 5. The van der Waals surface area contributed by atoms with Crippen LogP contribution in [0.4, 0.5) is 5.69 Å². The van der Waals surface area contributed by atoms with Gasteiger partial charge in [0.1, 0.15) is 43.4 Å². The largest absolute Gasteiger partial charge is 0.460 e. The van der Waals surface area contributed by atoms with Gasteiger partial charge in [-0.25, -0.2) is 23.1 Å². The number of carbonyl (C=O) groups is 6. The van der Waals surface area contributed by atoms with Gasteiger partial charge in [0.05, 0.1) is 38.1 Å². The quantitative estimate of drug-likeness (QED) is 0.0225. The highest BCUT2D eigenvalue weighted by Gasteiger charge is 2.27. The molecule has 2 aromatic heterocycles. The van der Waals surface area contributed by atoms with Crippen LogP contribution in [0.15, 0.2) is 48.0 Å². The number of hydrogen-bond donors (Lipinski definition) is 5. The van der Waals surface area contributed by atoms with Gasteiger partial charge in [-0.1, -0.05) is 71.5 Å². The number of nitrogens with zero attached hydrogens (tertiary/aromatic N) is 5. The standard InChI is InChI=1S/C41H56N10O11S3/c1-6-63-64-27-37(55)62-24-30-12-14-32(15-13-30)47-39(56)29(4)46-40(57)38(28(2)3)48-36(54)26-61-25-35(53)42-16-18-60-19-17-51-23-33(49-50-51)22-43-34(52)11-9-7-8-10-31-20-44-41(45-21-31)65(5,58)59/h12-15,20-21,23,28-29,38H,6-7,9,11,16-19,22,24-27H2,1-5H3,(H,42,53)(H,43,52)(H,46,57)(H,47,56)(H,48,54)/t29-,38-/m0/s1. The minimum atomic E-state index is -3.48. The lowest BCUT2D eigenvalue weighted by Crippen LogP contribution is -2.54. The molecule has 65 heavy (non-hydrogen) atoms. The molecule has 5 N–H and O–H groups in total. The smallest absolute Gasteiger partial charge is 0.317 e. The second kappa shape index (κ2) is 29.0. The summed E-state index contributed by atoms with van der Waals surface area (Å²) in [6, 6.07) is 4.84. The van der Waals surface area contributed by atoms with Crippen LogP contribution in [0, 0.1) is 17.8 Å². The highest BCUT2D eigenvalue weighted by atomic mass is 33.1. The van der Waals surface area contributed by atoms with Gasteiger partial charge in [0.25, 0.3) is 0 Å². The van der Waals surface area contributed by atoms with Crippen molar-refractivity contribution in [3.63, 3.8) is 0 Å². The summed E-state index contributed by atoms with van der Waals surface area (Å²) in [6.45, 7) is 7.43. The Bertz CT molecular complexity index is 2200. The molecule has 3 aromatic rings. The number of esters is 1. The Balaban J connectivity index is 1.22. The Morgan fingerprint density at radius 1 is 0.877 bits per heavy atom.